The molecule has 0 saturated carbocycles. The number of carboxylic acids is 1. The van der Waals surface area contributed by atoms with Crippen molar-refractivity contribution < 1.29 is 14.7 Å². The van der Waals surface area contributed by atoms with E-state index in [4.69, 9.17) is 0 Å². The zero-order valence-corrected chi connectivity index (χ0v) is 14.9. The number of aliphatic carboxylic acids is 1. The van der Waals surface area contributed by atoms with Gasteiger partial charge in [0, 0.05) is 25.6 Å². The molecule has 0 aliphatic carbocycles. The van der Waals surface area contributed by atoms with Crippen LogP contribution in [0.25, 0.3) is 0 Å². The van der Waals surface area contributed by atoms with Crippen LogP contribution >= 0.6 is 0 Å². The van der Waals surface area contributed by atoms with E-state index in [1.165, 1.54) is 0 Å². The first kappa shape index (κ1) is 18.0. The van der Waals surface area contributed by atoms with Gasteiger partial charge in [-0.05, 0) is 24.5 Å². The van der Waals surface area contributed by atoms with E-state index in [9.17, 15) is 14.7 Å². The van der Waals surface area contributed by atoms with Crippen molar-refractivity contribution in [3.63, 3.8) is 0 Å². The average molecular weight is 352 g/mol. The van der Waals surface area contributed by atoms with Gasteiger partial charge in [-0.3, -0.25) is 4.79 Å². The highest BCUT2D eigenvalue weighted by molar-refractivity contribution is 5.79. The summed E-state index contributed by atoms with van der Waals surface area (Å²) in [4.78, 5) is 25.5. The Hall–Kier alpha value is -2.82. The summed E-state index contributed by atoms with van der Waals surface area (Å²) in [5.41, 5.74) is 1.42. The third-order valence-electron chi connectivity index (χ3n) is 5.14. The minimum absolute atomic E-state index is 0.0508. The fourth-order valence-corrected chi connectivity index (χ4v) is 3.41. The minimum atomic E-state index is -0.852. The maximum atomic E-state index is 12.5. The predicted molar refractivity (Wildman–Crippen MR) is 100 cm³/mol. The Morgan fingerprint density at radius 2 is 1.62 bits per heavy atom. The third kappa shape index (κ3) is 3.87. The Kier molecular flexibility index (Phi) is 5.26. The zero-order chi connectivity index (χ0) is 18.6. The van der Waals surface area contributed by atoms with E-state index >= 15 is 0 Å². The van der Waals surface area contributed by atoms with Crippen LogP contribution < -0.4 is 5.32 Å². The van der Waals surface area contributed by atoms with Gasteiger partial charge in [0.1, 0.15) is 0 Å². The molecular formula is C21H24N2O3. The van der Waals surface area contributed by atoms with E-state index in [2.05, 4.69) is 29.6 Å². The smallest absolute Gasteiger partial charge is 0.317 e. The summed E-state index contributed by atoms with van der Waals surface area (Å²) in [6.07, 6.45) is 0.483. The van der Waals surface area contributed by atoms with E-state index in [0.717, 1.165) is 11.1 Å². The predicted octanol–water partition coefficient (Wildman–Crippen LogP) is 3.32. The number of hydrogen-bond acceptors (Lipinski definition) is 2. The Morgan fingerprint density at radius 1 is 1.08 bits per heavy atom. The van der Waals surface area contributed by atoms with Gasteiger partial charge in [0.15, 0.2) is 0 Å². The van der Waals surface area contributed by atoms with Gasteiger partial charge in [0.25, 0.3) is 0 Å². The minimum Gasteiger partial charge on any atom is -0.481 e. The summed E-state index contributed by atoms with van der Waals surface area (Å²) < 4.78 is 0. The van der Waals surface area contributed by atoms with E-state index in [1.54, 1.807) is 11.8 Å². The normalized spacial score (nSPS) is 19.5. The van der Waals surface area contributed by atoms with E-state index in [-0.39, 0.29) is 18.5 Å². The number of carboxylic acid groups (broad SMARTS) is 1. The van der Waals surface area contributed by atoms with Crippen molar-refractivity contribution in [3.05, 3.63) is 71.8 Å². The number of rotatable bonds is 5. The van der Waals surface area contributed by atoms with Crippen LogP contribution in [0.5, 0.6) is 0 Å². The Bertz CT molecular complexity index is 724. The van der Waals surface area contributed by atoms with Crippen LogP contribution in [0.15, 0.2) is 60.7 Å². The molecule has 1 heterocycles. The van der Waals surface area contributed by atoms with Gasteiger partial charge in [-0.15, -0.1) is 0 Å². The molecule has 2 amide bonds. The molecule has 1 aliphatic rings. The molecule has 2 N–H and O–H groups in total. The molecule has 5 nitrogen and oxygen atoms in total. The second-order valence-corrected chi connectivity index (χ2v) is 7.10. The molecule has 26 heavy (non-hydrogen) atoms. The number of nitrogens with one attached hydrogen (secondary N) is 1. The average Bonchev–Trinajstić information content (AvgIpc) is 3.07. The summed E-state index contributed by atoms with van der Waals surface area (Å²) in [6.45, 7) is 2.87. The Labute approximate surface area is 153 Å². The first-order chi connectivity index (χ1) is 12.5. The van der Waals surface area contributed by atoms with Gasteiger partial charge in [-0.1, -0.05) is 60.7 Å². The standard InChI is InChI=1S/C21H24N2O3/c1-21(19(24)25)12-13-23(15-21)20(26)22-14-18(16-8-4-2-5-9-16)17-10-6-3-7-11-17/h2-11,18H,12-15H2,1H3,(H,22,26)(H,24,25). The maximum Gasteiger partial charge on any atom is 0.317 e. The van der Waals surface area contributed by atoms with E-state index in [1.807, 2.05) is 36.4 Å². The fraction of sp³-hybridized carbons (Fsp3) is 0.333. The number of amides is 2. The second kappa shape index (κ2) is 7.60. The molecule has 5 heteroatoms. The summed E-state index contributed by atoms with van der Waals surface area (Å²) in [5.74, 6) is -0.797. The van der Waals surface area contributed by atoms with Crippen LogP contribution in [-0.4, -0.2) is 41.6 Å². The van der Waals surface area contributed by atoms with Crippen LogP contribution in [0.4, 0.5) is 4.79 Å². The third-order valence-corrected chi connectivity index (χ3v) is 5.14. The van der Waals surface area contributed by atoms with Crippen molar-refractivity contribution in [2.75, 3.05) is 19.6 Å². The lowest BCUT2D eigenvalue weighted by molar-refractivity contribution is -0.146. The van der Waals surface area contributed by atoms with E-state index < -0.39 is 11.4 Å². The number of benzene rings is 2. The van der Waals surface area contributed by atoms with Crippen LogP contribution in [0.1, 0.15) is 30.4 Å². The molecule has 0 bridgehead atoms. The number of likely N-dealkylation sites (tertiary alicyclic amines) is 1. The van der Waals surface area contributed by atoms with Crippen LogP contribution in [0.2, 0.25) is 0 Å². The number of carbonyl (C=O) groups excluding carboxylic acids is 1. The molecule has 0 aromatic heterocycles. The Balaban J connectivity index is 1.69. The molecule has 1 aliphatic heterocycles. The van der Waals surface area contributed by atoms with Crippen molar-refractivity contribution in [2.45, 2.75) is 19.3 Å². The lowest BCUT2D eigenvalue weighted by Crippen LogP contribution is -2.42. The van der Waals surface area contributed by atoms with E-state index in [0.29, 0.717) is 19.5 Å². The molecule has 136 valence electrons. The largest absolute Gasteiger partial charge is 0.481 e. The lowest BCUT2D eigenvalue weighted by atomic mass is 9.90. The van der Waals surface area contributed by atoms with Crippen LogP contribution in [-0.2, 0) is 4.79 Å². The summed E-state index contributed by atoms with van der Waals surface area (Å²) >= 11 is 0. The fourth-order valence-electron chi connectivity index (χ4n) is 3.41. The number of urea groups is 1. The molecular weight excluding hydrogens is 328 g/mol. The molecule has 2 aromatic carbocycles. The van der Waals surface area contributed by atoms with Gasteiger partial charge in [0.05, 0.1) is 5.41 Å². The van der Waals surface area contributed by atoms with Crippen molar-refractivity contribution in [1.29, 1.82) is 0 Å². The van der Waals surface area contributed by atoms with Crippen LogP contribution in [0.3, 0.4) is 0 Å². The Morgan fingerprint density at radius 3 is 2.08 bits per heavy atom. The zero-order valence-electron chi connectivity index (χ0n) is 14.9. The maximum absolute atomic E-state index is 12.5. The molecule has 1 unspecified atom stereocenters. The number of nitrogens with zero attached hydrogens (tertiary/aromatic N) is 1. The SMILES string of the molecule is CC1(C(=O)O)CCN(C(=O)NCC(c2ccccc2)c2ccccc2)C1. The number of hydrogen-bond donors (Lipinski definition) is 2. The first-order valence-corrected chi connectivity index (χ1v) is 8.86. The van der Waals surface area contributed by atoms with Crippen molar-refractivity contribution in [1.82, 2.24) is 10.2 Å². The van der Waals surface area contributed by atoms with Crippen molar-refractivity contribution in [3.8, 4) is 0 Å². The molecule has 1 atom stereocenters. The van der Waals surface area contributed by atoms with Gasteiger partial charge < -0.3 is 15.3 Å². The van der Waals surface area contributed by atoms with Gasteiger partial charge in [0.2, 0.25) is 0 Å². The van der Waals surface area contributed by atoms with Gasteiger partial charge in [-0.2, -0.15) is 0 Å². The molecule has 2 aromatic rings. The molecule has 0 spiro atoms. The highest BCUT2D eigenvalue weighted by Crippen LogP contribution is 2.30. The summed E-state index contributed by atoms with van der Waals surface area (Å²) in [6, 6.07) is 19.9. The first-order valence-electron chi connectivity index (χ1n) is 8.86. The molecule has 0 radical (unpaired) electrons. The van der Waals surface area contributed by atoms with Gasteiger partial charge >= 0.3 is 12.0 Å². The highest BCUT2D eigenvalue weighted by atomic mass is 16.4. The summed E-state index contributed by atoms with van der Waals surface area (Å²) in [7, 11) is 0. The highest BCUT2D eigenvalue weighted by Gasteiger charge is 2.42. The summed E-state index contributed by atoms with van der Waals surface area (Å²) in [5, 5.41) is 12.3. The van der Waals surface area contributed by atoms with Crippen molar-refractivity contribution in [2.24, 2.45) is 5.41 Å². The molecule has 1 fully saturated rings. The van der Waals surface area contributed by atoms with Crippen molar-refractivity contribution >= 4 is 12.0 Å². The number of carbonyl (C=O) groups is 2. The van der Waals surface area contributed by atoms with Crippen LogP contribution in [0, 0.1) is 5.41 Å². The monoisotopic (exact) mass is 352 g/mol. The quantitative estimate of drug-likeness (QED) is 0.867. The topological polar surface area (TPSA) is 69.6 Å². The van der Waals surface area contributed by atoms with Gasteiger partial charge in [-0.25, -0.2) is 4.79 Å². The molecule has 3 rings (SSSR count). The molecule has 1 saturated heterocycles. The lowest BCUT2D eigenvalue weighted by Gasteiger charge is -2.23. The second-order valence-electron chi connectivity index (χ2n) is 7.10.